The van der Waals surface area contributed by atoms with Crippen LogP contribution in [0.15, 0.2) is 78.2 Å². The quantitative estimate of drug-likeness (QED) is 0.264. The van der Waals surface area contributed by atoms with E-state index < -0.39 is 0 Å². The molecule has 35 heavy (non-hydrogen) atoms. The van der Waals surface area contributed by atoms with Crippen molar-refractivity contribution in [1.29, 1.82) is 0 Å². The van der Waals surface area contributed by atoms with Gasteiger partial charge in [-0.15, -0.1) is 10.2 Å². The number of carbonyl (C=O) groups is 2. The summed E-state index contributed by atoms with van der Waals surface area (Å²) in [6.07, 6.45) is 4.18. The first kappa shape index (κ1) is 24.2. The van der Waals surface area contributed by atoms with Crippen LogP contribution in [0, 0.1) is 6.92 Å². The number of aryl methyl sites for hydroxylation is 1. The van der Waals surface area contributed by atoms with E-state index in [4.69, 9.17) is 4.74 Å². The first-order valence-corrected chi connectivity index (χ1v) is 12.2. The number of ether oxygens (including phenoxy) is 1. The second kappa shape index (κ2) is 11.4. The van der Waals surface area contributed by atoms with Crippen LogP contribution in [0.1, 0.15) is 29.3 Å². The van der Waals surface area contributed by atoms with Crippen LogP contribution < -0.4 is 5.32 Å². The lowest BCUT2D eigenvalue weighted by molar-refractivity contribution is -0.113. The van der Waals surface area contributed by atoms with Gasteiger partial charge in [-0.25, -0.2) is 4.79 Å². The lowest BCUT2D eigenvalue weighted by atomic mass is 10.2. The molecule has 0 saturated carbocycles. The molecule has 4 aromatic rings. The zero-order valence-corrected chi connectivity index (χ0v) is 20.3. The molecular formula is C26H25N5O3S. The second-order valence-electron chi connectivity index (χ2n) is 7.71. The summed E-state index contributed by atoms with van der Waals surface area (Å²) in [7, 11) is 0. The number of anilines is 1. The highest BCUT2D eigenvalue weighted by Crippen LogP contribution is 2.29. The summed E-state index contributed by atoms with van der Waals surface area (Å²) >= 11 is 1.30. The minimum absolute atomic E-state index is 0.140. The number of benzene rings is 2. The number of thioether (sulfide) groups is 1. The van der Waals surface area contributed by atoms with Crippen LogP contribution in [0.4, 0.5) is 5.69 Å². The highest BCUT2D eigenvalue weighted by atomic mass is 32.2. The van der Waals surface area contributed by atoms with Crippen molar-refractivity contribution in [2.24, 2.45) is 0 Å². The number of esters is 1. The number of hydrogen-bond acceptors (Lipinski definition) is 7. The molecule has 1 N–H and O–H groups in total. The number of para-hydroxylation sites is 1. The molecule has 178 valence electrons. The molecule has 0 spiro atoms. The molecule has 0 fully saturated rings. The predicted molar refractivity (Wildman–Crippen MR) is 136 cm³/mol. The van der Waals surface area contributed by atoms with Gasteiger partial charge in [0.1, 0.15) is 0 Å². The summed E-state index contributed by atoms with van der Waals surface area (Å²) in [6.45, 7) is 4.34. The average Bonchev–Trinajstić information content (AvgIpc) is 3.31. The van der Waals surface area contributed by atoms with Gasteiger partial charge < -0.3 is 10.1 Å². The average molecular weight is 488 g/mol. The topological polar surface area (TPSA) is 99.0 Å². The number of nitrogens with zero attached hydrogens (tertiary/aromatic N) is 4. The maximum Gasteiger partial charge on any atom is 0.338 e. The van der Waals surface area contributed by atoms with Gasteiger partial charge in [-0.3, -0.25) is 14.3 Å². The maximum atomic E-state index is 12.6. The third kappa shape index (κ3) is 5.93. The third-order valence-electron chi connectivity index (χ3n) is 5.10. The van der Waals surface area contributed by atoms with E-state index in [1.165, 1.54) is 11.8 Å². The Labute approximate surface area is 207 Å². The summed E-state index contributed by atoms with van der Waals surface area (Å²) in [5.74, 6) is 0.248. The molecule has 2 aromatic heterocycles. The van der Waals surface area contributed by atoms with E-state index in [2.05, 4.69) is 20.5 Å². The minimum Gasteiger partial charge on any atom is -0.462 e. The molecular weight excluding hydrogens is 462 g/mol. The van der Waals surface area contributed by atoms with E-state index in [-0.39, 0.29) is 17.6 Å². The van der Waals surface area contributed by atoms with Crippen LogP contribution in [0.3, 0.4) is 0 Å². The van der Waals surface area contributed by atoms with E-state index >= 15 is 0 Å². The van der Waals surface area contributed by atoms with Crippen molar-refractivity contribution in [2.75, 3.05) is 17.7 Å². The van der Waals surface area contributed by atoms with Gasteiger partial charge in [-0.2, -0.15) is 0 Å². The fraction of sp³-hybridized carbons (Fsp3) is 0.192. The first-order valence-electron chi connectivity index (χ1n) is 11.2. The van der Waals surface area contributed by atoms with Crippen molar-refractivity contribution in [3.8, 4) is 17.1 Å². The third-order valence-corrected chi connectivity index (χ3v) is 6.03. The summed E-state index contributed by atoms with van der Waals surface area (Å²) in [5.41, 5.74) is 3.93. The smallest absolute Gasteiger partial charge is 0.338 e. The van der Waals surface area contributed by atoms with Gasteiger partial charge in [0.25, 0.3) is 0 Å². The van der Waals surface area contributed by atoms with E-state index in [0.29, 0.717) is 28.8 Å². The van der Waals surface area contributed by atoms with Crippen molar-refractivity contribution >= 4 is 29.3 Å². The Morgan fingerprint density at radius 1 is 1.00 bits per heavy atom. The molecule has 4 rings (SSSR count). The Morgan fingerprint density at radius 3 is 2.46 bits per heavy atom. The van der Waals surface area contributed by atoms with Crippen molar-refractivity contribution in [3.05, 3.63) is 84.2 Å². The van der Waals surface area contributed by atoms with Crippen LogP contribution in [0.5, 0.6) is 0 Å². The number of pyridine rings is 1. The molecule has 0 aliphatic carbocycles. The fourth-order valence-electron chi connectivity index (χ4n) is 3.38. The van der Waals surface area contributed by atoms with Crippen molar-refractivity contribution in [3.63, 3.8) is 0 Å². The molecule has 8 nitrogen and oxygen atoms in total. The molecule has 0 saturated heterocycles. The number of aromatic nitrogens is 4. The highest BCUT2D eigenvalue weighted by Gasteiger charge is 2.18. The van der Waals surface area contributed by atoms with E-state index in [1.807, 2.05) is 54.8 Å². The van der Waals surface area contributed by atoms with Gasteiger partial charge in [-0.05, 0) is 61.4 Å². The molecule has 2 aromatic carbocycles. The standard InChI is InChI=1S/C26H25N5O3S/c1-3-16-34-25(33)20-8-10-21(11-9-20)28-23(32)17-35-26-30-29-24(19-12-14-27-15-13-19)31(26)22-7-5-4-6-18(22)2/h4-15H,3,16-17H2,1-2H3,(H,28,32). The normalized spacial score (nSPS) is 10.7. The second-order valence-corrected chi connectivity index (χ2v) is 8.66. The number of rotatable bonds is 9. The lowest BCUT2D eigenvalue weighted by Crippen LogP contribution is -2.15. The van der Waals surface area contributed by atoms with Gasteiger partial charge in [0, 0.05) is 23.6 Å². The van der Waals surface area contributed by atoms with Gasteiger partial charge in [0.15, 0.2) is 11.0 Å². The van der Waals surface area contributed by atoms with Crippen LogP contribution in [0.2, 0.25) is 0 Å². The van der Waals surface area contributed by atoms with E-state index in [0.717, 1.165) is 23.2 Å². The Morgan fingerprint density at radius 2 is 1.74 bits per heavy atom. The van der Waals surface area contributed by atoms with Gasteiger partial charge in [0.2, 0.25) is 5.91 Å². The predicted octanol–water partition coefficient (Wildman–Crippen LogP) is 4.94. The maximum absolute atomic E-state index is 12.6. The summed E-state index contributed by atoms with van der Waals surface area (Å²) < 4.78 is 7.09. The molecule has 1 amide bonds. The molecule has 0 aliphatic rings. The largest absolute Gasteiger partial charge is 0.462 e. The molecule has 0 aliphatic heterocycles. The van der Waals surface area contributed by atoms with Crippen LogP contribution >= 0.6 is 11.8 Å². The number of nitrogens with one attached hydrogen (secondary N) is 1. The van der Waals surface area contributed by atoms with E-state index in [1.54, 1.807) is 36.7 Å². The zero-order valence-electron chi connectivity index (χ0n) is 19.5. The molecule has 0 unspecified atom stereocenters. The Bertz CT molecular complexity index is 1310. The molecule has 9 heteroatoms. The van der Waals surface area contributed by atoms with Crippen molar-refractivity contribution < 1.29 is 14.3 Å². The van der Waals surface area contributed by atoms with Crippen LogP contribution in [0.25, 0.3) is 17.1 Å². The Balaban J connectivity index is 1.48. The van der Waals surface area contributed by atoms with Crippen molar-refractivity contribution in [1.82, 2.24) is 19.7 Å². The van der Waals surface area contributed by atoms with Gasteiger partial charge in [0.05, 0.1) is 23.6 Å². The minimum atomic E-state index is -0.374. The van der Waals surface area contributed by atoms with Crippen LogP contribution in [-0.4, -0.2) is 44.0 Å². The SMILES string of the molecule is CCCOC(=O)c1ccc(NC(=O)CSc2nnc(-c3ccncc3)n2-c2ccccc2C)cc1. The zero-order chi connectivity index (χ0) is 24.6. The Hall–Kier alpha value is -3.98. The fourth-order valence-corrected chi connectivity index (χ4v) is 4.12. The van der Waals surface area contributed by atoms with Gasteiger partial charge >= 0.3 is 5.97 Å². The molecule has 0 bridgehead atoms. The van der Waals surface area contributed by atoms with Crippen molar-refractivity contribution in [2.45, 2.75) is 25.4 Å². The lowest BCUT2D eigenvalue weighted by Gasteiger charge is -2.13. The highest BCUT2D eigenvalue weighted by molar-refractivity contribution is 7.99. The van der Waals surface area contributed by atoms with Gasteiger partial charge in [-0.1, -0.05) is 36.9 Å². The molecule has 0 atom stereocenters. The van der Waals surface area contributed by atoms with E-state index in [9.17, 15) is 9.59 Å². The number of amides is 1. The summed E-state index contributed by atoms with van der Waals surface area (Å²) in [4.78, 5) is 28.7. The molecule has 2 heterocycles. The molecule has 0 radical (unpaired) electrons. The summed E-state index contributed by atoms with van der Waals surface area (Å²) in [5, 5.41) is 12.2. The Kier molecular flexibility index (Phi) is 7.89. The monoisotopic (exact) mass is 487 g/mol. The summed E-state index contributed by atoms with van der Waals surface area (Å²) in [6, 6.07) is 18.3. The first-order chi connectivity index (χ1) is 17.1. The number of hydrogen-bond donors (Lipinski definition) is 1. The van der Waals surface area contributed by atoms with Crippen LogP contribution in [-0.2, 0) is 9.53 Å². The number of carbonyl (C=O) groups excluding carboxylic acids is 2.